The van der Waals surface area contributed by atoms with E-state index in [1.165, 1.54) is 0 Å². The van der Waals surface area contributed by atoms with Crippen LogP contribution in [0.25, 0.3) is 0 Å². The van der Waals surface area contributed by atoms with Crippen LogP contribution in [0.3, 0.4) is 0 Å². The van der Waals surface area contributed by atoms with Crippen molar-refractivity contribution in [1.82, 2.24) is 0 Å². The van der Waals surface area contributed by atoms with Crippen molar-refractivity contribution >= 4 is 10.4 Å². The first-order valence-corrected chi connectivity index (χ1v) is 5.69. The quantitative estimate of drug-likeness (QED) is 0.430. The Kier molecular flexibility index (Phi) is 5.43. The van der Waals surface area contributed by atoms with Gasteiger partial charge < -0.3 is 14.2 Å². The van der Waals surface area contributed by atoms with Crippen molar-refractivity contribution in [1.29, 1.82) is 0 Å². The van der Waals surface area contributed by atoms with Crippen LogP contribution in [0.4, 0.5) is 0 Å². The molecule has 1 saturated heterocycles. The minimum absolute atomic E-state index is 0.0135. The lowest BCUT2D eigenvalue weighted by molar-refractivity contribution is -0.0812. The molecule has 1 aliphatic rings. The van der Waals surface area contributed by atoms with Gasteiger partial charge in [0.2, 0.25) is 0 Å². The van der Waals surface area contributed by atoms with Gasteiger partial charge in [0.25, 0.3) is 0 Å². The van der Waals surface area contributed by atoms with Gasteiger partial charge in [-0.05, 0) is 0 Å². The molecule has 0 aromatic heterocycles. The minimum atomic E-state index is -3.79. The zero-order chi connectivity index (χ0) is 11.1. The van der Waals surface area contributed by atoms with Crippen LogP contribution in [-0.2, 0) is 33.0 Å². The third kappa shape index (κ3) is 5.40. The molecular weight excluding hydrogens is 228 g/mol. The molecule has 0 aliphatic carbocycles. The first-order valence-electron chi connectivity index (χ1n) is 4.36. The fourth-order valence-corrected chi connectivity index (χ4v) is 1.72. The van der Waals surface area contributed by atoms with Gasteiger partial charge in [-0.2, -0.15) is 8.42 Å². The lowest BCUT2D eigenvalue weighted by Crippen LogP contribution is -2.19. The lowest BCUT2D eigenvalue weighted by Gasteiger charge is -2.07. The van der Waals surface area contributed by atoms with Crippen LogP contribution in [-0.4, -0.2) is 54.9 Å². The number of methoxy groups -OCH3 is 1. The molecule has 1 heterocycles. The lowest BCUT2D eigenvalue weighted by atomic mass is 10.4. The summed E-state index contributed by atoms with van der Waals surface area (Å²) in [5.41, 5.74) is 0. The van der Waals surface area contributed by atoms with E-state index in [-0.39, 0.29) is 20.0 Å². The first kappa shape index (κ1) is 12.8. The second-order valence-electron chi connectivity index (χ2n) is 2.80. The maximum Gasteiger partial charge on any atom is 0.400 e. The highest BCUT2D eigenvalue weighted by Crippen LogP contribution is 2.12. The van der Waals surface area contributed by atoms with Gasteiger partial charge in [-0.25, -0.2) is 8.37 Å². The Morgan fingerprint density at radius 3 is 2.73 bits per heavy atom. The molecule has 7 nitrogen and oxygen atoms in total. The van der Waals surface area contributed by atoms with Crippen molar-refractivity contribution < 1.29 is 31.0 Å². The molecule has 90 valence electrons. The van der Waals surface area contributed by atoms with Crippen LogP contribution in [0.2, 0.25) is 0 Å². The average Bonchev–Trinajstić information content (AvgIpc) is 2.52. The van der Waals surface area contributed by atoms with E-state index in [1.54, 1.807) is 7.11 Å². The van der Waals surface area contributed by atoms with Crippen LogP contribution in [0.1, 0.15) is 0 Å². The second-order valence-corrected chi connectivity index (χ2v) is 4.05. The number of rotatable bonds is 7. The molecule has 0 saturated carbocycles. The predicted molar refractivity (Wildman–Crippen MR) is 48.4 cm³/mol. The van der Waals surface area contributed by atoms with E-state index >= 15 is 0 Å². The molecule has 0 unspecified atom stereocenters. The number of hydrogen-bond acceptors (Lipinski definition) is 7. The zero-order valence-corrected chi connectivity index (χ0v) is 9.20. The second kappa shape index (κ2) is 6.36. The summed E-state index contributed by atoms with van der Waals surface area (Å²) in [4.78, 5) is 0. The van der Waals surface area contributed by atoms with Crippen LogP contribution in [0.15, 0.2) is 0 Å². The Balaban J connectivity index is 1.97. The molecule has 0 aromatic carbocycles. The summed E-state index contributed by atoms with van der Waals surface area (Å²) < 4.78 is 45.0. The van der Waals surface area contributed by atoms with E-state index in [2.05, 4.69) is 8.37 Å². The average molecular weight is 242 g/mol. The zero-order valence-electron chi connectivity index (χ0n) is 8.38. The molecule has 8 heteroatoms. The third-order valence-electron chi connectivity index (χ3n) is 1.55. The van der Waals surface area contributed by atoms with Crippen molar-refractivity contribution in [3.05, 3.63) is 0 Å². The first-order chi connectivity index (χ1) is 7.14. The van der Waals surface area contributed by atoms with Crippen LogP contribution >= 0.6 is 0 Å². The fraction of sp³-hybridized carbons (Fsp3) is 1.00. The van der Waals surface area contributed by atoms with Crippen molar-refractivity contribution in [2.45, 2.75) is 6.10 Å². The van der Waals surface area contributed by atoms with Gasteiger partial charge in [-0.1, -0.05) is 0 Å². The molecule has 0 amide bonds. The fourth-order valence-electron chi connectivity index (χ4n) is 0.897. The van der Waals surface area contributed by atoms with E-state index in [1.807, 2.05) is 0 Å². The Morgan fingerprint density at radius 1 is 1.33 bits per heavy atom. The van der Waals surface area contributed by atoms with E-state index < -0.39 is 16.5 Å². The summed E-state index contributed by atoms with van der Waals surface area (Å²) in [5.74, 6) is 0. The summed E-state index contributed by atoms with van der Waals surface area (Å²) in [7, 11) is -2.22. The van der Waals surface area contributed by atoms with E-state index in [0.717, 1.165) is 0 Å². The Hall–Kier alpha value is -0.250. The summed E-state index contributed by atoms with van der Waals surface area (Å²) in [6.45, 7) is 1.09. The van der Waals surface area contributed by atoms with Crippen molar-refractivity contribution in [2.75, 3.05) is 40.3 Å². The van der Waals surface area contributed by atoms with Crippen molar-refractivity contribution in [2.24, 2.45) is 0 Å². The Morgan fingerprint density at radius 2 is 2.13 bits per heavy atom. The summed E-state index contributed by atoms with van der Waals surface area (Å²) in [6, 6.07) is 0. The molecule has 1 atom stereocenters. The highest BCUT2D eigenvalue weighted by molar-refractivity contribution is 7.82. The maximum atomic E-state index is 10.7. The summed E-state index contributed by atoms with van der Waals surface area (Å²) in [5, 5.41) is 0. The summed E-state index contributed by atoms with van der Waals surface area (Å²) >= 11 is 0. The van der Waals surface area contributed by atoms with Crippen LogP contribution < -0.4 is 0 Å². The van der Waals surface area contributed by atoms with Crippen LogP contribution in [0.5, 0.6) is 0 Å². The van der Waals surface area contributed by atoms with E-state index in [4.69, 9.17) is 14.2 Å². The monoisotopic (exact) mass is 242 g/mol. The highest BCUT2D eigenvalue weighted by atomic mass is 32.3. The van der Waals surface area contributed by atoms with Crippen molar-refractivity contribution in [3.63, 3.8) is 0 Å². The molecule has 0 N–H and O–H groups in total. The molecule has 0 aromatic rings. The van der Waals surface area contributed by atoms with Crippen molar-refractivity contribution in [3.8, 4) is 0 Å². The highest BCUT2D eigenvalue weighted by Gasteiger charge is 2.29. The van der Waals surface area contributed by atoms with E-state index in [9.17, 15) is 8.42 Å². The van der Waals surface area contributed by atoms with Gasteiger partial charge in [0, 0.05) is 7.11 Å². The molecule has 15 heavy (non-hydrogen) atoms. The molecule has 0 bridgehead atoms. The topological polar surface area (TPSA) is 80.3 Å². The molecule has 1 rings (SSSR count). The van der Waals surface area contributed by atoms with Gasteiger partial charge >= 0.3 is 10.4 Å². The van der Waals surface area contributed by atoms with Gasteiger partial charge in [0.05, 0.1) is 26.4 Å². The molecule has 0 radical (unpaired) electrons. The smallest absolute Gasteiger partial charge is 0.382 e. The number of ether oxygens (including phenoxy) is 3. The van der Waals surface area contributed by atoms with Gasteiger partial charge in [0.15, 0.2) is 0 Å². The minimum Gasteiger partial charge on any atom is -0.382 e. The molecule has 0 spiro atoms. The normalized spacial score (nSPS) is 24.5. The predicted octanol–water partition coefficient (Wildman–Crippen LogP) is -0.716. The maximum absolute atomic E-state index is 10.7. The van der Waals surface area contributed by atoms with Gasteiger partial charge in [0.1, 0.15) is 12.9 Å². The molecule has 1 fully saturated rings. The standard InChI is InChI=1S/C7H14O7S/c1-10-2-3-11-6-12-4-7-5-13-15(8,9)14-7/h7H,2-6H2,1H3/t7-/m0/s1. The Labute approximate surface area is 88.5 Å². The SMILES string of the molecule is COCCOCOC[C@H]1COS(=O)(=O)O1. The largest absolute Gasteiger partial charge is 0.400 e. The Bertz CT molecular complexity index is 263. The van der Waals surface area contributed by atoms with E-state index in [0.29, 0.717) is 13.2 Å². The van der Waals surface area contributed by atoms with Gasteiger partial charge in [-0.15, -0.1) is 0 Å². The van der Waals surface area contributed by atoms with Gasteiger partial charge in [-0.3, -0.25) is 0 Å². The third-order valence-corrected chi connectivity index (χ3v) is 2.49. The summed E-state index contributed by atoms with van der Waals surface area (Å²) in [6.07, 6.45) is -0.582. The van der Waals surface area contributed by atoms with Crippen LogP contribution in [0, 0.1) is 0 Å². The molecular formula is C7H14O7S. The molecule has 1 aliphatic heterocycles. The number of hydrogen-bond donors (Lipinski definition) is 0.